The summed E-state index contributed by atoms with van der Waals surface area (Å²) in [5.41, 5.74) is 0.0748. The van der Waals surface area contributed by atoms with Gasteiger partial charge < -0.3 is 5.32 Å². The number of carbonyl (C=O) groups is 1. The lowest BCUT2D eigenvalue weighted by molar-refractivity contribution is -0.142. The number of nitrogens with one attached hydrogen (secondary N) is 1. The maximum absolute atomic E-state index is 14.1. The summed E-state index contributed by atoms with van der Waals surface area (Å²) >= 11 is 6.30. The Morgan fingerprint density at radius 3 is 2.51 bits per heavy atom. The summed E-state index contributed by atoms with van der Waals surface area (Å²) in [6.07, 6.45) is -2.15. The number of hydrogen-bond donors (Lipinski definition) is 1. The van der Waals surface area contributed by atoms with Gasteiger partial charge in [-0.3, -0.25) is 9.48 Å². The number of hydrogen-bond acceptors (Lipinski definition) is 4. The van der Waals surface area contributed by atoms with E-state index in [-0.39, 0.29) is 27.7 Å². The molecule has 0 aliphatic heterocycles. The molecule has 39 heavy (non-hydrogen) atoms. The van der Waals surface area contributed by atoms with E-state index in [1.165, 1.54) is 0 Å². The summed E-state index contributed by atoms with van der Waals surface area (Å²) in [7, 11) is 0. The molecule has 0 saturated carbocycles. The van der Waals surface area contributed by atoms with Crippen molar-refractivity contribution in [1.82, 2.24) is 24.4 Å². The number of fused-ring (bicyclic) bond motifs is 2. The smallest absolute Gasteiger partial charge is 0.304 e. The number of anilines is 1. The second-order valence-corrected chi connectivity index (χ2v) is 9.21. The number of carbonyl (C=O) groups excluding carboxylic acids is 1. The molecule has 6 rings (SSSR count). The van der Waals surface area contributed by atoms with Crippen LogP contribution in [0.15, 0.2) is 91.3 Å². The van der Waals surface area contributed by atoms with Gasteiger partial charge in [-0.15, -0.1) is 0 Å². The maximum atomic E-state index is 14.1. The van der Waals surface area contributed by atoms with Crippen molar-refractivity contribution in [3.05, 3.63) is 113 Å². The van der Waals surface area contributed by atoms with Gasteiger partial charge in [0, 0.05) is 11.8 Å². The van der Waals surface area contributed by atoms with E-state index in [1.54, 1.807) is 29.1 Å². The highest BCUT2D eigenvalue weighted by atomic mass is 35.5. The molecule has 0 spiro atoms. The van der Waals surface area contributed by atoms with Gasteiger partial charge in [0.25, 0.3) is 5.91 Å². The molecule has 0 fully saturated rings. The molecule has 0 aliphatic carbocycles. The lowest BCUT2D eigenvalue weighted by Crippen LogP contribution is -2.16. The zero-order chi connectivity index (χ0) is 27.1. The molecule has 0 bridgehead atoms. The minimum Gasteiger partial charge on any atom is -0.304 e. The number of halogens is 4. The molecule has 0 atom stereocenters. The summed E-state index contributed by atoms with van der Waals surface area (Å²) in [4.78, 5) is 17.7. The predicted molar refractivity (Wildman–Crippen MR) is 142 cm³/mol. The monoisotopic (exact) mass is 546 g/mol. The molecule has 7 nitrogen and oxygen atoms in total. The van der Waals surface area contributed by atoms with Gasteiger partial charge in [0.2, 0.25) is 0 Å². The van der Waals surface area contributed by atoms with Crippen molar-refractivity contribution in [3.8, 4) is 11.3 Å². The highest BCUT2D eigenvalue weighted by Crippen LogP contribution is 2.35. The second kappa shape index (κ2) is 9.55. The van der Waals surface area contributed by atoms with Gasteiger partial charge in [0.15, 0.2) is 17.2 Å². The van der Waals surface area contributed by atoms with Crippen molar-refractivity contribution < 1.29 is 18.0 Å². The first-order valence-corrected chi connectivity index (χ1v) is 12.2. The molecule has 3 aromatic carbocycles. The number of aromatic nitrogens is 5. The summed E-state index contributed by atoms with van der Waals surface area (Å²) in [6, 6.07) is 23.1. The third-order valence-corrected chi connectivity index (χ3v) is 6.49. The Labute approximate surface area is 224 Å². The number of alkyl halides is 3. The van der Waals surface area contributed by atoms with Crippen molar-refractivity contribution in [2.45, 2.75) is 12.7 Å². The highest BCUT2D eigenvalue weighted by molar-refractivity contribution is 6.33. The number of amides is 1. The molecule has 0 radical (unpaired) electrons. The Balaban J connectivity index is 1.40. The third kappa shape index (κ3) is 4.70. The van der Waals surface area contributed by atoms with Gasteiger partial charge in [-0.2, -0.15) is 23.4 Å². The first kappa shape index (κ1) is 24.6. The van der Waals surface area contributed by atoms with E-state index in [9.17, 15) is 18.0 Å². The first-order chi connectivity index (χ1) is 18.8. The molecule has 3 aromatic heterocycles. The van der Waals surface area contributed by atoms with Gasteiger partial charge in [-0.1, -0.05) is 84.4 Å². The van der Waals surface area contributed by atoms with Crippen LogP contribution in [0.5, 0.6) is 0 Å². The number of rotatable bonds is 5. The second-order valence-electron chi connectivity index (χ2n) is 8.81. The summed E-state index contributed by atoms with van der Waals surface area (Å²) in [5.74, 6) is -0.675. The topological polar surface area (TPSA) is 77.1 Å². The zero-order valence-corrected chi connectivity index (χ0v) is 20.8. The van der Waals surface area contributed by atoms with Crippen LogP contribution in [0.3, 0.4) is 0 Å². The van der Waals surface area contributed by atoms with Crippen LogP contribution in [0.25, 0.3) is 27.7 Å². The summed E-state index contributed by atoms with van der Waals surface area (Å²) in [5, 5.41) is 12.5. The normalized spacial score (nSPS) is 11.8. The Bertz CT molecular complexity index is 1840. The zero-order valence-electron chi connectivity index (χ0n) is 20.0. The van der Waals surface area contributed by atoms with Crippen LogP contribution in [0.1, 0.15) is 21.6 Å². The Hall–Kier alpha value is -4.70. The van der Waals surface area contributed by atoms with Gasteiger partial charge in [0.05, 0.1) is 18.4 Å². The van der Waals surface area contributed by atoms with Crippen LogP contribution in [-0.4, -0.2) is 30.3 Å². The van der Waals surface area contributed by atoms with Gasteiger partial charge >= 0.3 is 6.18 Å². The average molecular weight is 547 g/mol. The van der Waals surface area contributed by atoms with E-state index in [0.717, 1.165) is 28.6 Å². The molecule has 1 amide bonds. The Morgan fingerprint density at radius 2 is 1.72 bits per heavy atom. The number of benzene rings is 3. The van der Waals surface area contributed by atoms with E-state index >= 15 is 0 Å². The fourth-order valence-corrected chi connectivity index (χ4v) is 4.62. The van der Waals surface area contributed by atoms with E-state index in [1.807, 2.05) is 54.6 Å². The van der Waals surface area contributed by atoms with Gasteiger partial charge in [-0.05, 0) is 22.4 Å². The van der Waals surface area contributed by atoms with Crippen LogP contribution in [0, 0.1) is 0 Å². The largest absolute Gasteiger partial charge is 0.433 e. The molecule has 3 heterocycles. The van der Waals surface area contributed by atoms with Crippen LogP contribution < -0.4 is 5.32 Å². The SMILES string of the molecule is O=C(Nc1nn(Cc2ccccc2)cc1Cl)c1cnn2c(C(F)(F)F)cc(-c3cccc4ccccc34)nc12. The lowest BCUT2D eigenvalue weighted by atomic mass is 10.0. The molecular formula is C28H18ClF3N6O. The Morgan fingerprint density at radius 1 is 0.974 bits per heavy atom. The average Bonchev–Trinajstić information content (AvgIpc) is 3.50. The maximum Gasteiger partial charge on any atom is 0.433 e. The molecule has 194 valence electrons. The first-order valence-electron chi connectivity index (χ1n) is 11.8. The van der Waals surface area contributed by atoms with E-state index < -0.39 is 17.8 Å². The van der Waals surface area contributed by atoms with Crippen molar-refractivity contribution in [2.24, 2.45) is 0 Å². The summed E-state index contributed by atoms with van der Waals surface area (Å²) in [6.45, 7) is 0.415. The molecule has 0 unspecified atom stereocenters. The van der Waals surface area contributed by atoms with E-state index in [0.29, 0.717) is 16.6 Å². The van der Waals surface area contributed by atoms with Crippen molar-refractivity contribution >= 4 is 39.7 Å². The van der Waals surface area contributed by atoms with Crippen molar-refractivity contribution in [2.75, 3.05) is 5.32 Å². The third-order valence-electron chi connectivity index (χ3n) is 6.21. The minimum absolute atomic E-state index is 0.0614. The van der Waals surface area contributed by atoms with Crippen LogP contribution in [0.4, 0.5) is 19.0 Å². The Kier molecular flexibility index (Phi) is 6.03. The fourth-order valence-electron chi connectivity index (χ4n) is 4.42. The van der Waals surface area contributed by atoms with Crippen molar-refractivity contribution in [1.29, 1.82) is 0 Å². The van der Waals surface area contributed by atoms with Gasteiger partial charge in [0.1, 0.15) is 10.6 Å². The standard InChI is InChI=1S/C28H18ClF3N6O/c29-22-16-37(15-17-7-2-1-3-8-17)36-25(22)35-27(39)21-14-33-38-24(28(30,31)32)13-23(34-26(21)38)20-12-6-10-18-9-4-5-11-19(18)20/h1-14,16H,15H2,(H,35,36,39). The van der Waals surface area contributed by atoms with Gasteiger partial charge in [-0.25, -0.2) is 9.50 Å². The summed E-state index contributed by atoms with van der Waals surface area (Å²) < 4.78 is 44.5. The quantitative estimate of drug-likeness (QED) is 0.260. The molecule has 6 aromatic rings. The van der Waals surface area contributed by atoms with Crippen molar-refractivity contribution in [3.63, 3.8) is 0 Å². The molecule has 1 N–H and O–H groups in total. The molecular weight excluding hydrogens is 529 g/mol. The lowest BCUT2D eigenvalue weighted by Gasteiger charge is -2.13. The predicted octanol–water partition coefficient (Wildman–Crippen LogP) is 6.72. The fraction of sp³-hybridized carbons (Fsp3) is 0.0714. The van der Waals surface area contributed by atoms with Crippen LogP contribution in [-0.2, 0) is 12.7 Å². The molecule has 0 saturated heterocycles. The van der Waals surface area contributed by atoms with Crippen LogP contribution in [0.2, 0.25) is 5.02 Å². The molecule has 11 heteroatoms. The highest BCUT2D eigenvalue weighted by Gasteiger charge is 2.36. The minimum atomic E-state index is -4.75. The van der Waals surface area contributed by atoms with E-state index in [4.69, 9.17) is 11.6 Å². The number of nitrogens with zero attached hydrogens (tertiary/aromatic N) is 5. The van der Waals surface area contributed by atoms with Crippen LogP contribution >= 0.6 is 11.6 Å². The van der Waals surface area contributed by atoms with E-state index in [2.05, 4.69) is 20.5 Å². The molecule has 0 aliphatic rings.